The second kappa shape index (κ2) is 11.0. The Morgan fingerprint density at radius 3 is 2.40 bits per heavy atom. The molecule has 0 radical (unpaired) electrons. The zero-order valence-corrected chi connectivity index (χ0v) is 18.6. The molecule has 0 saturated heterocycles. The first-order valence-electron chi connectivity index (χ1n) is 9.67. The second-order valence-electron chi connectivity index (χ2n) is 7.17. The highest BCUT2D eigenvalue weighted by atomic mass is 35.5. The standard InChI is InChI=1S/C24H27FN2O2.ClH/c1-16-11-19(12-17(2)24(16)29-15-21-7-5-6-10-26-21)14-27-18(3)20-8-9-23(28-4)22(25)13-20;/h5-13,18,27H,14-15H2,1-4H3;1H. The van der Waals surface area contributed by atoms with Crippen LogP contribution in [-0.2, 0) is 13.2 Å². The highest BCUT2D eigenvalue weighted by Gasteiger charge is 2.11. The van der Waals surface area contributed by atoms with Crippen molar-refractivity contribution in [2.24, 2.45) is 0 Å². The van der Waals surface area contributed by atoms with Crippen molar-refractivity contribution in [3.63, 3.8) is 0 Å². The van der Waals surface area contributed by atoms with E-state index in [9.17, 15) is 4.39 Å². The van der Waals surface area contributed by atoms with Crippen LogP contribution in [0.4, 0.5) is 4.39 Å². The largest absolute Gasteiger partial charge is 0.494 e. The molecule has 3 rings (SSSR count). The maximum Gasteiger partial charge on any atom is 0.165 e. The Balaban J connectivity index is 0.00000320. The van der Waals surface area contributed by atoms with Gasteiger partial charge in [-0.3, -0.25) is 4.98 Å². The van der Waals surface area contributed by atoms with E-state index < -0.39 is 0 Å². The Morgan fingerprint density at radius 1 is 1.07 bits per heavy atom. The predicted molar refractivity (Wildman–Crippen MR) is 120 cm³/mol. The Hall–Kier alpha value is -2.63. The fourth-order valence-corrected chi connectivity index (χ4v) is 3.34. The van der Waals surface area contributed by atoms with Crippen LogP contribution in [0.15, 0.2) is 54.7 Å². The lowest BCUT2D eigenvalue weighted by atomic mass is 10.0. The van der Waals surface area contributed by atoms with E-state index in [0.29, 0.717) is 13.2 Å². The number of nitrogens with zero attached hydrogens (tertiary/aromatic N) is 1. The number of hydrogen-bond acceptors (Lipinski definition) is 4. The van der Waals surface area contributed by atoms with E-state index in [2.05, 4.69) is 22.4 Å². The van der Waals surface area contributed by atoms with Crippen LogP contribution in [0, 0.1) is 19.7 Å². The van der Waals surface area contributed by atoms with Crippen LogP contribution < -0.4 is 14.8 Å². The molecule has 0 bridgehead atoms. The average Bonchev–Trinajstić information content (AvgIpc) is 2.72. The van der Waals surface area contributed by atoms with Gasteiger partial charge < -0.3 is 14.8 Å². The zero-order chi connectivity index (χ0) is 20.8. The van der Waals surface area contributed by atoms with Crippen LogP contribution in [-0.4, -0.2) is 12.1 Å². The van der Waals surface area contributed by atoms with E-state index in [0.717, 1.165) is 33.7 Å². The van der Waals surface area contributed by atoms with Crippen molar-refractivity contribution >= 4 is 12.4 Å². The number of halogens is 2. The molecule has 3 aromatic rings. The highest BCUT2D eigenvalue weighted by Crippen LogP contribution is 2.26. The topological polar surface area (TPSA) is 43.4 Å². The van der Waals surface area contributed by atoms with Crippen LogP contribution in [0.3, 0.4) is 0 Å². The average molecular weight is 431 g/mol. The molecule has 0 spiro atoms. The van der Waals surface area contributed by atoms with Crippen LogP contribution in [0.25, 0.3) is 0 Å². The molecule has 0 saturated carbocycles. The molecular weight excluding hydrogens is 403 g/mol. The molecule has 0 fully saturated rings. The first-order valence-corrected chi connectivity index (χ1v) is 9.67. The molecule has 0 amide bonds. The Morgan fingerprint density at radius 2 is 1.80 bits per heavy atom. The quantitative estimate of drug-likeness (QED) is 0.498. The van der Waals surface area contributed by atoms with Crippen molar-refractivity contribution < 1.29 is 13.9 Å². The smallest absolute Gasteiger partial charge is 0.165 e. The third kappa shape index (κ3) is 5.94. The lowest BCUT2D eigenvalue weighted by molar-refractivity contribution is 0.297. The zero-order valence-electron chi connectivity index (χ0n) is 17.7. The molecular formula is C24H28ClFN2O2. The number of pyridine rings is 1. The van der Waals surface area contributed by atoms with Crippen molar-refractivity contribution in [3.05, 3.63) is 88.5 Å². The van der Waals surface area contributed by atoms with Gasteiger partial charge in [-0.05, 0) is 67.3 Å². The number of aryl methyl sites for hydroxylation is 2. The fourth-order valence-electron chi connectivity index (χ4n) is 3.34. The minimum Gasteiger partial charge on any atom is -0.494 e. The van der Waals surface area contributed by atoms with Crippen molar-refractivity contribution in [1.82, 2.24) is 10.3 Å². The third-order valence-corrected chi connectivity index (χ3v) is 4.90. The maximum absolute atomic E-state index is 13.9. The summed E-state index contributed by atoms with van der Waals surface area (Å²) in [4.78, 5) is 4.30. The van der Waals surface area contributed by atoms with Crippen LogP contribution >= 0.6 is 12.4 Å². The van der Waals surface area contributed by atoms with E-state index in [1.807, 2.05) is 45.0 Å². The molecule has 1 heterocycles. The summed E-state index contributed by atoms with van der Waals surface area (Å²) in [6, 6.07) is 15.1. The molecule has 1 atom stereocenters. The molecule has 0 aliphatic heterocycles. The van der Waals surface area contributed by atoms with E-state index in [4.69, 9.17) is 9.47 Å². The molecule has 1 aromatic heterocycles. The summed E-state index contributed by atoms with van der Waals surface area (Å²) in [6.07, 6.45) is 1.77. The fraction of sp³-hybridized carbons (Fsp3) is 0.292. The molecule has 160 valence electrons. The minimum atomic E-state index is -0.347. The Kier molecular flexibility index (Phi) is 8.63. The van der Waals surface area contributed by atoms with E-state index in [-0.39, 0.29) is 30.0 Å². The van der Waals surface area contributed by atoms with Gasteiger partial charge in [-0.15, -0.1) is 12.4 Å². The van der Waals surface area contributed by atoms with E-state index in [1.54, 1.807) is 12.3 Å². The van der Waals surface area contributed by atoms with Crippen molar-refractivity contribution in [1.29, 1.82) is 0 Å². The first kappa shape index (κ1) is 23.6. The van der Waals surface area contributed by atoms with Gasteiger partial charge in [0.1, 0.15) is 12.4 Å². The molecule has 2 aromatic carbocycles. The molecule has 0 aliphatic carbocycles. The predicted octanol–water partition coefficient (Wildman–Crippen LogP) is 5.70. The molecule has 4 nitrogen and oxygen atoms in total. The molecule has 30 heavy (non-hydrogen) atoms. The Labute approximate surface area is 183 Å². The number of rotatable bonds is 8. The maximum atomic E-state index is 13.9. The number of ether oxygens (including phenoxy) is 2. The van der Waals surface area contributed by atoms with Crippen LogP contribution in [0.5, 0.6) is 11.5 Å². The van der Waals surface area contributed by atoms with Gasteiger partial charge in [-0.25, -0.2) is 4.39 Å². The number of benzene rings is 2. The summed E-state index contributed by atoms with van der Waals surface area (Å²) >= 11 is 0. The Bertz CT molecular complexity index is 944. The summed E-state index contributed by atoms with van der Waals surface area (Å²) in [5.41, 5.74) is 5.11. The van der Waals surface area contributed by atoms with E-state index >= 15 is 0 Å². The molecule has 6 heteroatoms. The van der Waals surface area contributed by atoms with Gasteiger partial charge in [-0.2, -0.15) is 0 Å². The number of hydrogen-bond donors (Lipinski definition) is 1. The monoisotopic (exact) mass is 430 g/mol. The van der Waals surface area contributed by atoms with E-state index in [1.165, 1.54) is 13.2 Å². The number of aromatic nitrogens is 1. The number of methoxy groups -OCH3 is 1. The van der Waals surface area contributed by atoms with Crippen molar-refractivity contribution in [2.45, 2.75) is 40.0 Å². The lowest BCUT2D eigenvalue weighted by Gasteiger charge is -2.17. The van der Waals surface area contributed by atoms with Crippen molar-refractivity contribution in [3.8, 4) is 11.5 Å². The first-order chi connectivity index (χ1) is 14.0. The van der Waals surface area contributed by atoms with Crippen LogP contribution in [0.1, 0.15) is 40.9 Å². The van der Waals surface area contributed by atoms with Gasteiger partial charge in [0.05, 0.1) is 12.8 Å². The molecule has 1 unspecified atom stereocenters. The minimum absolute atomic E-state index is 0. The van der Waals surface area contributed by atoms with Crippen molar-refractivity contribution in [2.75, 3.05) is 7.11 Å². The summed E-state index contributed by atoms with van der Waals surface area (Å²) < 4.78 is 24.9. The third-order valence-electron chi connectivity index (χ3n) is 4.90. The lowest BCUT2D eigenvalue weighted by Crippen LogP contribution is -2.18. The second-order valence-corrected chi connectivity index (χ2v) is 7.17. The van der Waals surface area contributed by atoms with Gasteiger partial charge in [0, 0.05) is 18.8 Å². The summed E-state index contributed by atoms with van der Waals surface area (Å²) in [5, 5.41) is 3.45. The van der Waals surface area contributed by atoms with Gasteiger partial charge in [0.25, 0.3) is 0 Å². The van der Waals surface area contributed by atoms with Gasteiger partial charge in [0.15, 0.2) is 11.6 Å². The normalized spacial score (nSPS) is 11.5. The van der Waals surface area contributed by atoms with Gasteiger partial charge >= 0.3 is 0 Å². The molecule has 0 aliphatic rings. The summed E-state index contributed by atoms with van der Waals surface area (Å²) in [7, 11) is 1.47. The van der Waals surface area contributed by atoms with Gasteiger partial charge in [0.2, 0.25) is 0 Å². The van der Waals surface area contributed by atoms with Crippen LogP contribution in [0.2, 0.25) is 0 Å². The summed E-state index contributed by atoms with van der Waals surface area (Å²) in [5.74, 6) is 0.804. The van der Waals surface area contributed by atoms with Gasteiger partial charge in [-0.1, -0.05) is 24.3 Å². The number of nitrogens with one attached hydrogen (secondary N) is 1. The highest BCUT2D eigenvalue weighted by molar-refractivity contribution is 5.85. The molecule has 1 N–H and O–H groups in total. The SMILES string of the molecule is COc1ccc(C(C)NCc2cc(C)c(OCc3ccccn3)c(C)c2)cc1F.Cl. The summed E-state index contributed by atoms with van der Waals surface area (Å²) in [6.45, 7) is 7.24.